The summed E-state index contributed by atoms with van der Waals surface area (Å²) < 4.78 is 14.6. The summed E-state index contributed by atoms with van der Waals surface area (Å²) in [5.41, 5.74) is -1.40. The molecule has 21 heavy (non-hydrogen) atoms. The van der Waals surface area contributed by atoms with Gasteiger partial charge in [0.2, 0.25) is 0 Å². The van der Waals surface area contributed by atoms with E-state index in [2.05, 4.69) is 10.4 Å². The Morgan fingerprint density at radius 3 is 2.62 bits per heavy atom. The number of aliphatic carboxylic acids is 1. The van der Waals surface area contributed by atoms with Gasteiger partial charge in [0.1, 0.15) is 11.5 Å². The number of benzene rings is 1. The SMILES string of the molecule is Cn1nccc1C(=O)NC(C)(C(=O)O)c1cccc(F)c1. The minimum Gasteiger partial charge on any atom is -0.479 e. The molecular weight excluding hydrogens is 277 g/mol. The highest BCUT2D eigenvalue weighted by Crippen LogP contribution is 2.22. The molecule has 2 rings (SSSR count). The highest BCUT2D eigenvalue weighted by Gasteiger charge is 2.37. The zero-order chi connectivity index (χ0) is 15.6. The molecule has 0 saturated carbocycles. The molecule has 2 aromatic rings. The highest BCUT2D eigenvalue weighted by molar-refractivity contribution is 5.96. The van der Waals surface area contributed by atoms with Crippen molar-refractivity contribution in [2.45, 2.75) is 12.5 Å². The maximum absolute atomic E-state index is 13.3. The predicted molar refractivity (Wildman–Crippen MR) is 72.1 cm³/mol. The van der Waals surface area contributed by atoms with Crippen LogP contribution in [0.15, 0.2) is 36.5 Å². The number of aromatic nitrogens is 2. The van der Waals surface area contributed by atoms with Gasteiger partial charge in [-0.15, -0.1) is 0 Å². The summed E-state index contributed by atoms with van der Waals surface area (Å²) in [5, 5.41) is 15.7. The van der Waals surface area contributed by atoms with E-state index >= 15 is 0 Å². The fraction of sp³-hybridized carbons (Fsp3) is 0.214. The average Bonchev–Trinajstić information content (AvgIpc) is 2.84. The zero-order valence-corrected chi connectivity index (χ0v) is 11.5. The normalized spacial score (nSPS) is 13.5. The molecule has 1 aromatic carbocycles. The average molecular weight is 291 g/mol. The summed E-state index contributed by atoms with van der Waals surface area (Å²) in [6.45, 7) is 1.30. The van der Waals surface area contributed by atoms with Crippen LogP contribution in [0.25, 0.3) is 0 Å². The molecular formula is C14H14FN3O3. The van der Waals surface area contributed by atoms with Crippen molar-refractivity contribution >= 4 is 11.9 Å². The third kappa shape index (κ3) is 2.76. The Morgan fingerprint density at radius 1 is 1.38 bits per heavy atom. The van der Waals surface area contributed by atoms with Gasteiger partial charge in [0.25, 0.3) is 5.91 Å². The Bertz CT molecular complexity index is 698. The fourth-order valence-electron chi connectivity index (χ4n) is 1.94. The summed E-state index contributed by atoms with van der Waals surface area (Å²) >= 11 is 0. The Balaban J connectivity index is 2.38. The molecule has 0 aliphatic rings. The van der Waals surface area contributed by atoms with Crippen LogP contribution in [0.5, 0.6) is 0 Å². The number of amides is 1. The molecule has 1 aromatic heterocycles. The highest BCUT2D eigenvalue weighted by atomic mass is 19.1. The van der Waals surface area contributed by atoms with Gasteiger partial charge in [-0.2, -0.15) is 5.10 Å². The van der Waals surface area contributed by atoms with Crippen molar-refractivity contribution in [2.75, 3.05) is 0 Å². The van der Waals surface area contributed by atoms with E-state index in [1.54, 1.807) is 7.05 Å². The zero-order valence-electron chi connectivity index (χ0n) is 11.5. The van der Waals surface area contributed by atoms with Crippen LogP contribution in [-0.4, -0.2) is 26.8 Å². The van der Waals surface area contributed by atoms with Crippen molar-refractivity contribution in [1.29, 1.82) is 0 Å². The number of aryl methyl sites for hydroxylation is 1. The summed E-state index contributed by atoms with van der Waals surface area (Å²) in [7, 11) is 1.56. The van der Waals surface area contributed by atoms with Gasteiger partial charge < -0.3 is 10.4 Å². The first-order chi connectivity index (χ1) is 9.84. The van der Waals surface area contributed by atoms with E-state index < -0.39 is 23.2 Å². The molecule has 1 amide bonds. The van der Waals surface area contributed by atoms with Gasteiger partial charge in [0, 0.05) is 13.2 Å². The molecule has 0 aliphatic carbocycles. The van der Waals surface area contributed by atoms with Crippen molar-refractivity contribution < 1.29 is 19.1 Å². The number of hydrogen-bond acceptors (Lipinski definition) is 3. The molecule has 1 heterocycles. The maximum atomic E-state index is 13.3. The lowest BCUT2D eigenvalue weighted by atomic mass is 9.91. The molecule has 2 N–H and O–H groups in total. The molecule has 0 aliphatic heterocycles. The van der Waals surface area contributed by atoms with Crippen LogP contribution in [0.1, 0.15) is 23.0 Å². The smallest absolute Gasteiger partial charge is 0.333 e. The molecule has 1 unspecified atom stereocenters. The first-order valence-electron chi connectivity index (χ1n) is 6.14. The Labute approximate surface area is 120 Å². The number of carboxylic acids is 1. The third-order valence-electron chi connectivity index (χ3n) is 3.25. The van der Waals surface area contributed by atoms with E-state index in [4.69, 9.17) is 0 Å². The van der Waals surface area contributed by atoms with E-state index in [0.717, 1.165) is 6.07 Å². The molecule has 0 fully saturated rings. The lowest BCUT2D eigenvalue weighted by molar-refractivity contribution is -0.144. The lowest BCUT2D eigenvalue weighted by Crippen LogP contribution is -2.50. The van der Waals surface area contributed by atoms with Crippen molar-refractivity contribution in [2.24, 2.45) is 7.05 Å². The van der Waals surface area contributed by atoms with Crippen molar-refractivity contribution in [3.05, 3.63) is 53.6 Å². The van der Waals surface area contributed by atoms with Crippen molar-refractivity contribution in [1.82, 2.24) is 15.1 Å². The van der Waals surface area contributed by atoms with E-state index in [-0.39, 0.29) is 11.3 Å². The second-order valence-electron chi connectivity index (χ2n) is 4.73. The van der Waals surface area contributed by atoms with Crippen LogP contribution in [0.3, 0.4) is 0 Å². The number of nitrogens with zero attached hydrogens (tertiary/aromatic N) is 2. The number of carboxylic acid groups (broad SMARTS) is 1. The molecule has 1 atom stereocenters. The monoisotopic (exact) mass is 291 g/mol. The Hall–Kier alpha value is -2.70. The molecule has 7 heteroatoms. The van der Waals surface area contributed by atoms with Gasteiger partial charge in [-0.05, 0) is 30.7 Å². The second-order valence-corrected chi connectivity index (χ2v) is 4.73. The first-order valence-corrected chi connectivity index (χ1v) is 6.14. The van der Waals surface area contributed by atoms with E-state index in [1.807, 2.05) is 0 Å². The molecule has 6 nitrogen and oxygen atoms in total. The van der Waals surface area contributed by atoms with Gasteiger partial charge in [-0.1, -0.05) is 12.1 Å². The molecule has 110 valence electrons. The largest absolute Gasteiger partial charge is 0.479 e. The fourth-order valence-corrected chi connectivity index (χ4v) is 1.94. The number of carbonyl (C=O) groups is 2. The number of nitrogens with one attached hydrogen (secondary N) is 1. The van der Waals surface area contributed by atoms with Crippen LogP contribution in [0.2, 0.25) is 0 Å². The van der Waals surface area contributed by atoms with Gasteiger partial charge in [0.15, 0.2) is 5.54 Å². The number of halogens is 1. The Morgan fingerprint density at radius 2 is 2.10 bits per heavy atom. The standard InChI is InChI=1S/C14H14FN3O3/c1-14(13(20)21,9-4-3-5-10(15)8-9)17-12(19)11-6-7-16-18(11)2/h3-8H,1-2H3,(H,17,19)(H,20,21). The van der Waals surface area contributed by atoms with Crippen LogP contribution in [0.4, 0.5) is 4.39 Å². The van der Waals surface area contributed by atoms with Gasteiger partial charge in [-0.25, -0.2) is 9.18 Å². The Kier molecular flexibility index (Phi) is 3.75. The van der Waals surface area contributed by atoms with Gasteiger partial charge >= 0.3 is 5.97 Å². The summed E-state index contributed by atoms with van der Waals surface area (Å²) in [6.07, 6.45) is 1.43. The molecule has 0 spiro atoms. The topological polar surface area (TPSA) is 84.2 Å². The number of hydrogen-bond donors (Lipinski definition) is 2. The van der Waals surface area contributed by atoms with Crippen LogP contribution in [-0.2, 0) is 17.4 Å². The summed E-state index contributed by atoms with van der Waals surface area (Å²) in [5.74, 6) is -2.47. The summed E-state index contributed by atoms with van der Waals surface area (Å²) in [6, 6.07) is 6.58. The molecule has 0 radical (unpaired) electrons. The van der Waals surface area contributed by atoms with E-state index in [9.17, 15) is 19.1 Å². The maximum Gasteiger partial charge on any atom is 0.333 e. The van der Waals surface area contributed by atoms with Crippen LogP contribution < -0.4 is 5.32 Å². The van der Waals surface area contributed by atoms with Gasteiger partial charge in [-0.3, -0.25) is 9.48 Å². The third-order valence-corrected chi connectivity index (χ3v) is 3.25. The quantitative estimate of drug-likeness (QED) is 0.889. The van der Waals surface area contributed by atoms with Crippen molar-refractivity contribution in [3.8, 4) is 0 Å². The van der Waals surface area contributed by atoms with Gasteiger partial charge in [0.05, 0.1) is 0 Å². The van der Waals surface area contributed by atoms with E-state index in [1.165, 1.54) is 42.1 Å². The molecule has 0 saturated heterocycles. The minimum atomic E-state index is -1.75. The van der Waals surface area contributed by atoms with Crippen molar-refractivity contribution in [3.63, 3.8) is 0 Å². The van der Waals surface area contributed by atoms with E-state index in [0.29, 0.717) is 0 Å². The first kappa shape index (κ1) is 14.7. The molecule has 0 bridgehead atoms. The number of carbonyl (C=O) groups excluding carboxylic acids is 1. The minimum absolute atomic E-state index is 0.144. The second kappa shape index (κ2) is 5.35. The lowest BCUT2D eigenvalue weighted by Gasteiger charge is -2.26. The number of rotatable bonds is 4. The summed E-state index contributed by atoms with van der Waals surface area (Å²) in [4.78, 5) is 23.7. The predicted octanol–water partition coefficient (Wildman–Crippen LogP) is 1.29. The van der Waals surface area contributed by atoms with Crippen LogP contribution in [0, 0.1) is 5.82 Å². The van der Waals surface area contributed by atoms with Crippen LogP contribution >= 0.6 is 0 Å².